The van der Waals surface area contributed by atoms with E-state index in [4.69, 9.17) is 0 Å². The van der Waals surface area contributed by atoms with E-state index in [1.54, 1.807) is 79.7 Å². The van der Waals surface area contributed by atoms with Gasteiger partial charge in [0.25, 0.3) is 21.5 Å². The van der Waals surface area contributed by atoms with Crippen molar-refractivity contribution < 1.29 is 13.2 Å². The van der Waals surface area contributed by atoms with Crippen molar-refractivity contribution in [2.75, 3.05) is 9.62 Å². The number of nitrogens with one attached hydrogen (secondary N) is 2. The second kappa shape index (κ2) is 9.09. The summed E-state index contributed by atoms with van der Waals surface area (Å²) < 4.78 is 28.0. The molecule has 9 heteroatoms. The molecule has 36 heavy (non-hydrogen) atoms. The maximum Gasteiger partial charge on any atom is 0.264 e. The van der Waals surface area contributed by atoms with Crippen LogP contribution in [0.25, 0.3) is 11.4 Å². The Labute approximate surface area is 208 Å². The number of aromatic amines is 1. The van der Waals surface area contributed by atoms with Crippen LogP contribution in [0.3, 0.4) is 0 Å². The van der Waals surface area contributed by atoms with Crippen LogP contribution in [-0.4, -0.2) is 30.3 Å². The van der Waals surface area contributed by atoms with Crippen molar-refractivity contribution in [3.8, 4) is 11.4 Å². The predicted octanol–water partition coefficient (Wildman–Crippen LogP) is 4.14. The number of hydrogen-bond donors (Lipinski definition) is 2. The molecule has 182 valence electrons. The number of benzene rings is 3. The molecule has 5 rings (SSSR count). The van der Waals surface area contributed by atoms with Gasteiger partial charge in [-0.1, -0.05) is 30.3 Å². The number of aromatic nitrogens is 2. The van der Waals surface area contributed by atoms with E-state index in [1.165, 1.54) is 10.4 Å². The molecule has 0 saturated carbocycles. The van der Waals surface area contributed by atoms with E-state index >= 15 is 0 Å². The molecule has 2 N–H and O–H groups in total. The lowest BCUT2D eigenvalue weighted by Crippen LogP contribution is -2.35. The highest BCUT2D eigenvalue weighted by Crippen LogP contribution is 2.37. The van der Waals surface area contributed by atoms with Crippen molar-refractivity contribution in [3.05, 3.63) is 106 Å². The van der Waals surface area contributed by atoms with Crippen molar-refractivity contribution in [2.45, 2.75) is 31.2 Å². The number of carbonyl (C=O) groups is 1. The zero-order valence-electron chi connectivity index (χ0n) is 19.7. The fourth-order valence-electron chi connectivity index (χ4n) is 4.48. The Morgan fingerprint density at radius 2 is 1.81 bits per heavy atom. The fourth-order valence-corrected chi connectivity index (χ4v) is 6.19. The topological polar surface area (TPSA) is 112 Å². The summed E-state index contributed by atoms with van der Waals surface area (Å²) in [6.07, 6.45) is 0.504. The van der Waals surface area contributed by atoms with E-state index in [1.807, 2.05) is 6.92 Å². The molecule has 0 aliphatic carbocycles. The molecule has 1 aliphatic heterocycles. The van der Waals surface area contributed by atoms with E-state index in [-0.39, 0.29) is 22.4 Å². The lowest BCUT2D eigenvalue weighted by Gasteiger charge is -2.24. The summed E-state index contributed by atoms with van der Waals surface area (Å²) in [7, 11) is -3.72. The highest BCUT2D eigenvalue weighted by atomic mass is 32.2. The van der Waals surface area contributed by atoms with Crippen LogP contribution in [0.4, 0.5) is 11.4 Å². The van der Waals surface area contributed by atoms with E-state index in [9.17, 15) is 18.0 Å². The molecule has 1 aliphatic rings. The van der Waals surface area contributed by atoms with Gasteiger partial charge >= 0.3 is 0 Å². The van der Waals surface area contributed by atoms with Crippen LogP contribution >= 0.6 is 0 Å². The molecular weight excluding hydrogens is 476 g/mol. The highest BCUT2D eigenvalue weighted by molar-refractivity contribution is 7.92. The molecule has 0 spiro atoms. The summed E-state index contributed by atoms with van der Waals surface area (Å²) in [6.45, 7) is 3.60. The van der Waals surface area contributed by atoms with Gasteiger partial charge in [-0.15, -0.1) is 0 Å². The molecule has 1 atom stereocenters. The van der Waals surface area contributed by atoms with E-state index in [0.717, 1.165) is 5.56 Å². The maximum atomic E-state index is 13.3. The van der Waals surface area contributed by atoms with Crippen molar-refractivity contribution in [1.29, 1.82) is 0 Å². The average Bonchev–Trinajstić information content (AvgIpc) is 3.19. The third kappa shape index (κ3) is 4.40. The first kappa shape index (κ1) is 23.5. The Bertz CT molecular complexity index is 1630. The first-order valence-electron chi connectivity index (χ1n) is 11.4. The number of aryl methyl sites for hydroxylation is 1. The van der Waals surface area contributed by atoms with Gasteiger partial charge in [0, 0.05) is 34.6 Å². The first-order valence-corrected chi connectivity index (χ1v) is 12.9. The number of amides is 1. The van der Waals surface area contributed by atoms with Crippen LogP contribution in [-0.2, 0) is 16.4 Å². The normalized spacial score (nSPS) is 14.9. The second-order valence-electron chi connectivity index (χ2n) is 8.78. The Balaban J connectivity index is 1.40. The molecule has 2 heterocycles. The number of rotatable bonds is 5. The quantitative estimate of drug-likeness (QED) is 0.428. The van der Waals surface area contributed by atoms with Gasteiger partial charge in [-0.3, -0.25) is 13.9 Å². The number of carbonyl (C=O) groups excluding carboxylic acids is 1. The van der Waals surface area contributed by atoms with Gasteiger partial charge in [-0.2, -0.15) is 0 Å². The van der Waals surface area contributed by atoms with Crippen molar-refractivity contribution in [1.82, 2.24) is 9.97 Å². The molecule has 1 amide bonds. The summed E-state index contributed by atoms with van der Waals surface area (Å²) in [4.78, 5) is 32.1. The number of H-pyrrole nitrogens is 1. The van der Waals surface area contributed by atoms with E-state index in [2.05, 4.69) is 15.3 Å². The van der Waals surface area contributed by atoms with Gasteiger partial charge in [-0.05, 0) is 68.3 Å². The van der Waals surface area contributed by atoms with Crippen molar-refractivity contribution in [3.63, 3.8) is 0 Å². The van der Waals surface area contributed by atoms with E-state index < -0.39 is 10.0 Å². The number of sulfonamides is 1. The third-order valence-electron chi connectivity index (χ3n) is 6.06. The van der Waals surface area contributed by atoms with Crippen LogP contribution in [0.1, 0.15) is 28.5 Å². The minimum Gasteiger partial charge on any atom is -0.322 e. The molecule has 0 unspecified atom stereocenters. The molecule has 8 nitrogen and oxygen atoms in total. The summed E-state index contributed by atoms with van der Waals surface area (Å²) in [5.41, 5.74) is 3.36. The van der Waals surface area contributed by atoms with Crippen LogP contribution in [0, 0.1) is 6.92 Å². The van der Waals surface area contributed by atoms with Gasteiger partial charge in [0.2, 0.25) is 0 Å². The van der Waals surface area contributed by atoms with Gasteiger partial charge in [0.05, 0.1) is 10.6 Å². The van der Waals surface area contributed by atoms with Gasteiger partial charge in [0.15, 0.2) is 0 Å². The van der Waals surface area contributed by atoms with Crippen molar-refractivity contribution >= 4 is 27.3 Å². The van der Waals surface area contributed by atoms with Crippen molar-refractivity contribution in [2.24, 2.45) is 0 Å². The van der Waals surface area contributed by atoms with Crippen LogP contribution in [0.2, 0.25) is 0 Å². The largest absolute Gasteiger partial charge is 0.322 e. The molecule has 3 aromatic carbocycles. The molecule has 0 fully saturated rings. The zero-order chi connectivity index (χ0) is 25.4. The lowest BCUT2D eigenvalue weighted by molar-refractivity contribution is 0.102. The number of fused-ring (bicyclic) bond motifs is 1. The van der Waals surface area contributed by atoms with Crippen LogP contribution in [0.15, 0.2) is 88.6 Å². The number of anilines is 2. The molecule has 0 saturated heterocycles. The van der Waals surface area contributed by atoms with Gasteiger partial charge in [-0.25, -0.2) is 13.4 Å². The van der Waals surface area contributed by atoms with Crippen LogP contribution < -0.4 is 15.2 Å². The number of nitrogens with zero attached hydrogens (tertiary/aromatic N) is 2. The zero-order valence-corrected chi connectivity index (χ0v) is 20.5. The molecule has 4 aromatic rings. The fraction of sp³-hybridized carbons (Fsp3) is 0.148. The lowest BCUT2D eigenvalue weighted by atomic mass is 10.1. The molecular formula is C27H24N4O4S. The first-order chi connectivity index (χ1) is 17.2. The summed E-state index contributed by atoms with van der Waals surface area (Å²) >= 11 is 0. The molecule has 0 radical (unpaired) electrons. The van der Waals surface area contributed by atoms with Crippen LogP contribution in [0.5, 0.6) is 0 Å². The monoisotopic (exact) mass is 500 g/mol. The second-order valence-corrected chi connectivity index (χ2v) is 10.6. The Hall–Kier alpha value is -4.24. The third-order valence-corrected chi connectivity index (χ3v) is 8.00. The Kier molecular flexibility index (Phi) is 5.93. The minimum atomic E-state index is -3.72. The van der Waals surface area contributed by atoms with E-state index in [0.29, 0.717) is 40.4 Å². The predicted molar refractivity (Wildman–Crippen MR) is 139 cm³/mol. The maximum absolute atomic E-state index is 13.3. The minimum absolute atomic E-state index is 0.232. The SMILES string of the molecule is Cc1cc(=O)[nH]c(-c2cccc(NC(=O)c3ccc4c(c3)C[C@H](C)N4S(=O)(=O)c3ccccc3)c2)n1. The Morgan fingerprint density at radius 3 is 2.56 bits per heavy atom. The number of hydrogen-bond acceptors (Lipinski definition) is 5. The smallest absolute Gasteiger partial charge is 0.264 e. The molecule has 0 bridgehead atoms. The molecule has 1 aromatic heterocycles. The standard InChI is InChI=1S/C27H24N4O4S/c1-17-13-25(32)30-26(28-17)19-7-6-8-22(16-19)29-27(33)20-11-12-24-21(15-20)14-18(2)31(24)36(34,35)23-9-4-3-5-10-23/h3-13,15-16,18H,14H2,1-2H3,(H,29,33)(H,28,30,32)/t18-/m0/s1. The summed E-state index contributed by atoms with van der Waals surface area (Å²) in [6, 6.07) is 21.6. The Morgan fingerprint density at radius 1 is 1.03 bits per heavy atom. The van der Waals surface area contributed by atoms with Gasteiger partial charge in [0.1, 0.15) is 5.82 Å². The summed E-state index contributed by atoms with van der Waals surface area (Å²) in [5.74, 6) is 0.0972. The summed E-state index contributed by atoms with van der Waals surface area (Å²) in [5, 5.41) is 2.88. The van der Waals surface area contributed by atoms with Gasteiger partial charge < -0.3 is 10.3 Å². The average molecular weight is 501 g/mol. The highest BCUT2D eigenvalue weighted by Gasteiger charge is 2.36.